The molecule has 1 aromatic heterocycles. The first-order valence-corrected chi connectivity index (χ1v) is 11.3. The van der Waals surface area contributed by atoms with Crippen LogP contribution in [-0.2, 0) is 19.1 Å². The summed E-state index contributed by atoms with van der Waals surface area (Å²) < 4.78 is 23.7. The third-order valence-electron chi connectivity index (χ3n) is 5.95. The zero-order valence-corrected chi connectivity index (χ0v) is 20.4. The Balaban J connectivity index is 1.74. The van der Waals surface area contributed by atoms with Crippen LogP contribution in [0.25, 0.3) is 6.08 Å². The van der Waals surface area contributed by atoms with Gasteiger partial charge in [-0.05, 0) is 44.6 Å². The molecule has 0 bridgehead atoms. The Morgan fingerprint density at radius 2 is 2.00 bits per heavy atom. The molecule has 3 amide bonds. The quantitative estimate of drug-likeness (QED) is 0.511. The van der Waals surface area contributed by atoms with Gasteiger partial charge >= 0.3 is 0 Å². The number of hydrogen-bond donors (Lipinski definition) is 3. The monoisotopic (exact) mass is 486 g/mol. The molecule has 0 aromatic carbocycles. The fraction of sp³-hybridized carbons (Fsp3) is 0.400. The third-order valence-corrected chi connectivity index (χ3v) is 5.95. The fourth-order valence-corrected chi connectivity index (χ4v) is 3.98. The van der Waals surface area contributed by atoms with Crippen molar-refractivity contribution >= 4 is 23.8 Å². The number of aromatic nitrogens is 1. The summed E-state index contributed by atoms with van der Waals surface area (Å²) in [5.74, 6) is -1.33. The van der Waals surface area contributed by atoms with Gasteiger partial charge in [-0.2, -0.15) is 0 Å². The normalized spacial score (nSPS) is 19.9. The van der Waals surface area contributed by atoms with Gasteiger partial charge in [0.25, 0.3) is 17.7 Å². The second kappa shape index (κ2) is 11.3. The van der Waals surface area contributed by atoms with Crippen LogP contribution in [-0.4, -0.2) is 73.7 Å². The molecular weight excluding hydrogens is 455 g/mol. The van der Waals surface area contributed by atoms with E-state index in [1.165, 1.54) is 26.2 Å². The Labute approximate surface area is 203 Å². The van der Waals surface area contributed by atoms with Crippen molar-refractivity contribution in [2.24, 2.45) is 0 Å². The predicted molar refractivity (Wildman–Crippen MR) is 129 cm³/mol. The lowest BCUT2D eigenvalue weighted by molar-refractivity contribution is -0.145. The van der Waals surface area contributed by atoms with Crippen LogP contribution in [0.5, 0.6) is 0 Å². The van der Waals surface area contributed by atoms with E-state index in [4.69, 9.17) is 9.47 Å². The molecule has 10 heteroatoms. The summed E-state index contributed by atoms with van der Waals surface area (Å²) in [4.78, 5) is 42.9. The first-order chi connectivity index (χ1) is 16.6. The number of allylic oxidation sites excluding steroid dienone is 4. The maximum Gasteiger partial charge on any atom is 0.256 e. The second-order valence-corrected chi connectivity index (χ2v) is 8.36. The molecule has 3 rings (SSSR count). The van der Waals surface area contributed by atoms with Crippen molar-refractivity contribution in [3.05, 3.63) is 63.9 Å². The molecule has 0 spiro atoms. The zero-order valence-electron chi connectivity index (χ0n) is 20.4. The number of hydrogen-bond acceptors (Lipinski definition) is 5. The van der Waals surface area contributed by atoms with Gasteiger partial charge in [0.15, 0.2) is 6.10 Å². The maximum atomic E-state index is 13.1. The number of H-pyrrole nitrogens is 1. The SMILES string of the molecule is C=C1/C(=C/c2[nH]c(C)c(C(=O)NCC(OC)C(=O)N3CCOCC3)c2C)C(=O)N/C1=C/C=C(\C)F. The van der Waals surface area contributed by atoms with Crippen molar-refractivity contribution in [2.45, 2.75) is 26.9 Å². The number of amides is 3. The molecule has 0 aliphatic carbocycles. The number of aromatic amines is 1. The number of nitrogens with one attached hydrogen (secondary N) is 3. The number of methoxy groups -OCH3 is 1. The van der Waals surface area contributed by atoms with Gasteiger partial charge in [-0.3, -0.25) is 14.4 Å². The fourth-order valence-electron chi connectivity index (χ4n) is 3.98. The smallest absolute Gasteiger partial charge is 0.256 e. The van der Waals surface area contributed by atoms with Crippen molar-refractivity contribution in [1.82, 2.24) is 20.5 Å². The van der Waals surface area contributed by atoms with Gasteiger partial charge < -0.3 is 30.0 Å². The van der Waals surface area contributed by atoms with E-state index in [0.29, 0.717) is 65.7 Å². The predicted octanol–water partition coefficient (Wildman–Crippen LogP) is 2.06. The minimum absolute atomic E-state index is 0.0148. The number of ether oxygens (including phenoxy) is 2. The van der Waals surface area contributed by atoms with E-state index in [1.54, 1.807) is 24.8 Å². The first-order valence-electron chi connectivity index (χ1n) is 11.3. The average molecular weight is 487 g/mol. The molecule has 2 aliphatic rings. The van der Waals surface area contributed by atoms with Gasteiger partial charge in [0.05, 0.1) is 36.7 Å². The summed E-state index contributed by atoms with van der Waals surface area (Å²) in [6.45, 7) is 10.7. The summed E-state index contributed by atoms with van der Waals surface area (Å²) in [5, 5.41) is 5.44. The Hall–Kier alpha value is -3.50. The Morgan fingerprint density at radius 3 is 2.63 bits per heavy atom. The van der Waals surface area contributed by atoms with Gasteiger partial charge in [0.2, 0.25) is 0 Å². The lowest BCUT2D eigenvalue weighted by atomic mass is 10.0. The molecule has 35 heavy (non-hydrogen) atoms. The molecular formula is C25H31FN4O5. The molecule has 3 heterocycles. The van der Waals surface area contributed by atoms with Crippen LogP contribution >= 0.6 is 0 Å². The Bertz CT molecular complexity index is 1120. The number of morpholine rings is 1. The van der Waals surface area contributed by atoms with Crippen molar-refractivity contribution in [2.75, 3.05) is 40.0 Å². The number of rotatable bonds is 7. The minimum atomic E-state index is -0.809. The first kappa shape index (κ1) is 26.1. The lowest BCUT2D eigenvalue weighted by Crippen LogP contribution is -2.49. The van der Waals surface area contributed by atoms with Gasteiger partial charge in [0.1, 0.15) is 0 Å². The van der Waals surface area contributed by atoms with Crippen LogP contribution in [0.4, 0.5) is 4.39 Å². The highest BCUT2D eigenvalue weighted by Crippen LogP contribution is 2.28. The zero-order chi connectivity index (χ0) is 25.7. The summed E-state index contributed by atoms with van der Waals surface area (Å²) in [5.41, 5.74) is 3.39. The highest BCUT2D eigenvalue weighted by atomic mass is 19.1. The van der Waals surface area contributed by atoms with Crippen LogP contribution in [0.15, 0.2) is 41.4 Å². The number of carbonyl (C=O) groups is 3. The largest absolute Gasteiger partial charge is 0.378 e. The van der Waals surface area contributed by atoms with Crippen molar-refractivity contribution in [3.8, 4) is 0 Å². The van der Waals surface area contributed by atoms with E-state index in [-0.39, 0.29) is 24.3 Å². The third kappa shape index (κ3) is 5.95. The summed E-state index contributed by atoms with van der Waals surface area (Å²) in [6, 6.07) is 0. The summed E-state index contributed by atoms with van der Waals surface area (Å²) >= 11 is 0. The van der Waals surface area contributed by atoms with Crippen molar-refractivity contribution in [3.63, 3.8) is 0 Å². The van der Waals surface area contributed by atoms with Gasteiger partial charge in [-0.1, -0.05) is 6.58 Å². The molecule has 1 aromatic rings. The summed E-state index contributed by atoms with van der Waals surface area (Å²) in [6.07, 6.45) is 3.50. The maximum absolute atomic E-state index is 13.1. The van der Waals surface area contributed by atoms with Crippen LogP contribution in [0, 0.1) is 13.8 Å². The molecule has 2 aliphatic heterocycles. The number of aryl methyl sites for hydroxylation is 1. The molecule has 9 nitrogen and oxygen atoms in total. The van der Waals surface area contributed by atoms with Gasteiger partial charge in [-0.15, -0.1) is 0 Å². The van der Waals surface area contributed by atoms with Crippen LogP contribution in [0.3, 0.4) is 0 Å². The molecule has 188 valence electrons. The topological polar surface area (TPSA) is 113 Å². The number of halogens is 1. The van der Waals surface area contributed by atoms with E-state index in [0.717, 1.165) is 0 Å². The van der Waals surface area contributed by atoms with E-state index in [2.05, 4.69) is 22.2 Å². The molecule has 1 atom stereocenters. The molecule has 2 saturated heterocycles. The molecule has 0 saturated carbocycles. The van der Waals surface area contributed by atoms with Gasteiger partial charge in [0, 0.05) is 42.9 Å². The van der Waals surface area contributed by atoms with Crippen LogP contribution < -0.4 is 10.6 Å². The Morgan fingerprint density at radius 1 is 1.31 bits per heavy atom. The van der Waals surface area contributed by atoms with Crippen LogP contribution in [0.1, 0.15) is 34.2 Å². The molecule has 0 radical (unpaired) electrons. The molecule has 1 unspecified atom stereocenters. The van der Waals surface area contributed by atoms with E-state index < -0.39 is 11.9 Å². The second-order valence-electron chi connectivity index (χ2n) is 8.36. The highest BCUT2D eigenvalue weighted by molar-refractivity contribution is 6.09. The van der Waals surface area contributed by atoms with Crippen LogP contribution in [0.2, 0.25) is 0 Å². The van der Waals surface area contributed by atoms with Gasteiger partial charge in [-0.25, -0.2) is 4.39 Å². The lowest BCUT2D eigenvalue weighted by Gasteiger charge is -2.29. The van der Waals surface area contributed by atoms with E-state index in [1.807, 2.05) is 0 Å². The summed E-state index contributed by atoms with van der Waals surface area (Å²) in [7, 11) is 1.43. The highest BCUT2D eigenvalue weighted by Gasteiger charge is 2.28. The molecule has 2 fully saturated rings. The molecule has 3 N–H and O–H groups in total. The van der Waals surface area contributed by atoms with E-state index >= 15 is 0 Å². The van der Waals surface area contributed by atoms with Crippen molar-refractivity contribution in [1.29, 1.82) is 0 Å². The van der Waals surface area contributed by atoms with Crippen molar-refractivity contribution < 1.29 is 28.2 Å². The minimum Gasteiger partial charge on any atom is -0.378 e. The Kier molecular flexibility index (Phi) is 8.42. The average Bonchev–Trinajstić information content (AvgIpc) is 3.27. The standard InChI is InChI=1S/C25H31FN4O5/c1-14(26)6-7-19-15(2)18(23(31)29-19)12-20-16(3)22(17(4)28-20)24(32)27-13-21(34-5)25(33)30-8-10-35-11-9-30/h6-7,12,21,28H,2,8-11,13H2,1,3-5H3,(H,27,32)(H,29,31)/b14-6+,18-12-,19-7+. The number of carbonyl (C=O) groups excluding carboxylic acids is 3. The van der Waals surface area contributed by atoms with E-state index in [9.17, 15) is 18.8 Å². The number of nitrogens with zero attached hydrogens (tertiary/aromatic N) is 1.